The van der Waals surface area contributed by atoms with Crippen LogP contribution in [0, 0.1) is 11.8 Å². The van der Waals surface area contributed by atoms with Gasteiger partial charge < -0.3 is 9.84 Å². The van der Waals surface area contributed by atoms with E-state index in [1.165, 1.54) is 44.1 Å². The van der Waals surface area contributed by atoms with Crippen molar-refractivity contribution in [1.29, 1.82) is 0 Å². The third-order valence-corrected chi connectivity index (χ3v) is 5.38. The molecule has 1 atom stereocenters. The summed E-state index contributed by atoms with van der Waals surface area (Å²) < 4.78 is 5.64. The Bertz CT molecular complexity index is 380. The zero-order valence-electron chi connectivity index (χ0n) is 14.8. The van der Waals surface area contributed by atoms with Crippen LogP contribution < -0.4 is 0 Å². The Hall–Kier alpha value is -0.830. The van der Waals surface area contributed by atoms with Crippen molar-refractivity contribution in [3.8, 4) is 0 Å². The van der Waals surface area contributed by atoms with Crippen LogP contribution in [0.1, 0.15) is 84.0 Å². The van der Waals surface area contributed by atoms with E-state index in [1.807, 2.05) is 0 Å². The predicted octanol–water partition coefficient (Wildman–Crippen LogP) is 4.78. The fourth-order valence-electron chi connectivity index (χ4n) is 3.79. The fraction of sp³-hybridized carbons (Fsp3) is 0.850. The molecule has 0 heterocycles. The van der Waals surface area contributed by atoms with Crippen LogP contribution in [0.4, 0.5) is 0 Å². The summed E-state index contributed by atoms with van der Waals surface area (Å²) in [5, 5.41) is 8.86. The standard InChI is InChI=1S/C20H34O3/c1-2-3-4-6-16-9-11-19(12-10-16)23-20(22)8-5-7-17-15-18(17)13-14-21/h15-16,18-19,21H,2-14H2,1H3. The van der Waals surface area contributed by atoms with Crippen LogP contribution in [0.3, 0.4) is 0 Å². The second-order valence-electron chi connectivity index (χ2n) is 7.34. The summed E-state index contributed by atoms with van der Waals surface area (Å²) in [7, 11) is 0. The molecule has 2 aliphatic rings. The molecule has 2 rings (SSSR count). The average molecular weight is 322 g/mol. The van der Waals surface area contributed by atoms with Crippen LogP contribution in [0.5, 0.6) is 0 Å². The Labute approximate surface area is 141 Å². The summed E-state index contributed by atoms with van der Waals surface area (Å²) in [6.07, 6.45) is 15.6. The SMILES string of the molecule is CCCCCC1CCC(OC(=O)CCCC2=CC2CCO)CC1. The van der Waals surface area contributed by atoms with Gasteiger partial charge in [0.2, 0.25) is 0 Å². The maximum atomic E-state index is 11.9. The zero-order valence-corrected chi connectivity index (χ0v) is 14.8. The average Bonchev–Trinajstić information content (AvgIpc) is 3.28. The number of aliphatic hydroxyl groups excluding tert-OH is 1. The van der Waals surface area contributed by atoms with E-state index in [9.17, 15) is 4.79 Å². The van der Waals surface area contributed by atoms with E-state index < -0.39 is 0 Å². The molecule has 3 nitrogen and oxygen atoms in total. The first-order valence-corrected chi connectivity index (χ1v) is 9.73. The number of esters is 1. The van der Waals surface area contributed by atoms with Gasteiger partial charge in [0.1, 0.15) is 6.10 Å². The third-order valence-electron chi connectivity index (χ3n) is 5.38. The molecule has 1 fully saturated rings. The van der Waals surface area contributed by atoms with Crippen LogP contribution in [0.2, 0.25) is 0 Å². The first-order valence-electron chi connectivity index (χ1n) is 9.73. The summed E-state index contributed by atoms with van der Waals surface area (Å²) in [5.74, 6) is 1.36. The lowest BCUT2D eigenvalue weighted by atomic mass is 9.84. The number of carbonyl (C=O) groups is 1. The van der Waals surface area contributed by atoms with Crippen LogP contribution in [-0.4, -0.2) is 23.8 Å². The Kier molecular flexibility index (Phi) is 8.14. The van der Waals surface area contributed by atoms with Gasteiger partial charge in [-0.25, -0.2) is 0 Å². The molecule has 1 N–H and O–H groups in total. The van der Waals surface area contributed by atoms with Gasteiger partial charge in [-0.15, -0.1) is 0 Å². The van der Waals surface area contributed by atoms with Gasteiger partial charge in [0.05, 0.1) is 0 Å². The van der Waals surface area contributed by atoms with Gasteiger partial charge in [-0.3, -0.25) is 4.79 Å². The molecule has 3 heteroatoms. The minimum absolute atomic E-state index is 0.0145. The molecule has 132 valence electrons. The number of unbranched alkanes of at least 4 members (excludes halogenated alkanes) is 2. The molecule has 0 saturated heterocycles. The fourth-order valence-corrected chi connectivity index (χ4v) is 3.79. The summed E-state index contributed by atoms with van der Waals surface area (Å²) >= 11 is 0. The van der Waals surface area contributed by atoms with Crippen molar-refractivity contribution < 1.29 is 14.6 Å². The van der Waals surface area contributed by atoms with E-state index in [1.54, 1.807) is 0 Å². The molecule has 0 aromatic heterocycles. The van der Waals surface area contributed by atoms with Gasteiger partial charge in [-0.2, -0.15) is 0 Å². The Morgan fingerprint density at radius 1 is 1.17 bits per heavy atom. The van der Waals surface area contributed by atoms with E-state index in [0.717, 1.165) is 38.0 Å². The number of ether oxygens (including phenoxy) is 1. The summed E-state index contributed by atoms with van der Waals surface area (Å²) in [4.78, 5) is 11.9. The van der Waals surface area contributed by atoms with Crippen molar-refractivity contribution in [2.24, 2.45) is 11.8 Å². The summed E-state index contributed by atoms with van der Waals surface area (Å²) in [5.41, 5.74) is 1.42. The van der Waals surface area contributed by atoms with Gasteiger partial charge in [0, 0.05) is 18.9 Å². The van der Waals surface area contributed by atoms with E-state index in [-0.39, 0.29) is 18.7 Å². The maximum absolute atomic E-state index is 11.9. The number of hydrogen-bond acceptors (Lipinski definition) is 3. The molecular weight excluding hydrogens is 288 g/mol. The number of rotatable bonds is 11. The van der Waals surface area contributed by atoms with E-state index in [2.05, 4.69) is 13.0 Å². The largest absolute Gasteiger partial charge is 0.462 e. The molecule has 0 radical (unpaired) electrons. The molecule has 0 bridgehead atoms. The Balaban J connectivity index is 1.49. The molecule has 0 aliphatic heterocycles. The highest BCUT2D eigenvalue weighted by Gasteiger charge is 2.25. The topological polar surface area (TPSA) is 46.5 Å². The second-order valence-corrected chi connectivity index (χ2v) is 7.34. The number of carbonyl (C=O) groups excluding carboxylic acids is 1. The van der Waals surface area contributed by atoms with Gasteiger partial charge in [-0.05, 0) is 50.9 Å². The minimum Gasteiger partial charge on any atom is -0.462 e. The third kappa shape index (κ3) is 7.07. The molecule has 1 unspecified atom stereocenters. The predicted molar refractivity (Wildman–Crippen MR) is 93.1 cm³/mol. The van der Waals surface area contributed by atoms with Crippen molar-refractivity contribution in [2.45, 2.75) is 90.1 Å². The zero-order chi connectivity index (χ0) is 16.5. The molecule has 1 saturated carbocycles. The molecule has 2 aliphatic carbocycles. The lowest BCUT2D eigenvalue weighted by Crippen LogP contribution is -2.24. The van der Waals surface area contributed by atoms with Gasteiger partial charge in [0.25, 0.3) is 0 Å². The Morgan fingerprint density at radius 2 is 1.96 bits per heavy atom. The molecule has 0 amide bonds. The van der Waals surface area contributed by atoms with Crippen molar-refractivity contribution in [3.05, 3.63) is 11.6 Å². The van der Waals surface area contributed by atoms with Crippen LogP contribution in [-0.2, 0) is 9.53 Å². The highest BCUT2D eigenvalue weighted by Crippen LogP contribution is 2.36. The Morgan fingerprint density at radius 3 is 2.65 bits per heavy atom. The first kappa shape index (κ1) is 18.5. The van der Waals surface area contributed by atoms with E-state index >= 15 is 0 Å². The molecular formula is C20H34O3. The van der Waals surface area contributed by atoms with Crippen molar-refractivity contribution in [3.63, 3.8) is 0 Å². The summed E-state index contributed by atoms with van der Waals surface area (Å²) in [6, 6.07) is 0. The normalized spacial score (nSPS) is 26.7. The molecule has 0 aromatic carbocycles. The van der Waals surface area contributed by atoms with Crippen molar-refractivity contribution in [2.75, 3.05) is 6.61 Å². The number of allylic oxidation sites excluding steroid dienone is 2. The summed E-state index contributed by atoms with van der Waals surface area (Å²) in [6.45, 7) is 2.51. The number of aliphatic hydroxyl groups is 1. The first-order chi connectivity index (χ1) is 11.2. The van der Waals surface area contributed by atoms with Gasteiger partial charge in [-0.1, -0.05) is 44.3 Å². The minimum atomic E-state index is -0.0145. The highest BCUT2D eigenvalue weighted by atomic mass is 16.5. The molecule has 0 spiro atoms. The highest BCUT2D eigenvalue weighted by molar-refractivity contribution is 5.69. The van der Waals surface area contributed by atoms with Crippen molar-refractivity contribution >= 4 is 5.97 Å². The van der Waals surface area contributed by atoms with Crippen LogP contribution in [0.15, 0.2) is 11.6 Å². The smallest absolute Gasteiger partial charge is 0.306 e. The lowest BCUT2D eigenvalue weighted by molar-refractivity contribution is -0.151. The quantitative estimate of drug-likeness (QED) is 0.338. The van der Waals surface area contributed by atoms with Gasteiger partial charge >= 0.3 is 5.97 Å². The van der Waals surface area contributed by atoms with Crippen molar-refractivity contribution in [1.82, 2.24) is 0 Å². The lowest BCUT2D eigenvalue weighted by Gasteiger charge is -2.28. The molecule has 0 aromatic rings. The second kappa shape index (κ2) is 10.1. The van der Waals surface area contributed by atoms with Gasteiger partial charge in [0.15, 0.2) is 0 Å². The maximum Gasteiger partial charge on any atom is 0.306 e. The van der Waals surface area contributed by atoms with E-state index in [4.69, 9.17) is 9.84 Å². The van der Waals surface area contributed by atoms with Crippen LogP contribution in [0.25, 0.3) is 0 Å². The van der Waals surface area contributed by atoms with Crippen LogP contribution >= 0.6 is 0 Å². The molecule has 23 heavy (non-hydrogen) atoms. The van der Waals surface area contributed by atoms with E-state index in [0.29, 0.717) is 12.3 Å². The monoisotopic (exact) mass is 322 g/mol. The number of hydrogen-bond donors (Lipinski definition) is 1.